The van der Waals surface area contributed by atoms with Crippen LogP contribution in [0.1, 0.15) is 0 Å². The summed E-state index contributed by atoms with van der Waals surface area (Å²) in [4.78, 5) is 17.6. The molecule has 3 nitrogen and oxygen atoms in total. The molecule has 0 bridgehead atoms. The van der Waals surface area contributed by atoms with E-state index in [9.17, 15) is 4.79 Å². The van der Waals surface area contributed by atoms with Gasteiger partial charge < -0.3 is 9.80 Å². The first-order chi connectivity index (χ1) is 11.6. The summed E-state index contributed by atoms with van der Waals surface area (Å²) in [5.41, 5.74) is 1.04. The van der Waals surface area contributed by atoms with E-state index in [4.69, 9.17) is 23.2 Å². The third-order valence-corrected chi connectivity index (χ3v) is 5.57. The van der Waals surface area contributed by atoms with Gasteiger partial charge in [0.25, 0.3) is 0 Å². The molecule has 0 unspecified atom stereocenters. The number of nitrogens with zero attached hydrogens (tertiary/aromatic N) is 2. The number of anilines is 1. The van der Waals surface area contributed by atoms with Gasteiger partial charge in [-0.1, -0.05) is 35.3 Å². The van der Waals surface area contributed by atoms with Crippen molar-refractivity contribution in [3.63, 3.8) is 0 Å². The van der Waals surface area contributed by atoms with Crippen LogP contribution >= 0.6 is 35.0 Å². The highest BCUT2D eigenvalue weighted by Gasteiger charge is 2.22. The van der Waals surface area contributed by atoms with Gasteiger partial charge in [-0.3, -0.25) is 4.79 Å². The van der Waals surface area contributed by atoms with Crippen molar-refractivity contribution in [1.29, 1.82) is 0 Å². The van der Waals surface area contributed by atoms with Crippen molar-refractivity contribution in [3.05, 3.63) is 58.6 Å². The lowest BCUT2D eigenvalue weighted by Gasteiger charge is -2.36. The second kappa shape index (κ2) is 8.15. The number of para-hydroxylation sites is 1. The van der Waals surface area contributed by atoms with Crippen molar-refractivity contribution in [2.75, 3.05) is 36.8 Å². The van der Waals surface area contributed by atoms with Crippen LogP contribution in [0.4, 0.5) is 5.69 Å². The first kappa shape index (κ1) is 17.5. The molecule has 1 fully saturated rings. The lowest BCUT2D eigenvalue weighted by Crippen LogP contribution is -2.49. The van der Waals surface area contributed by atoms with Gasteiger partial charge >= 0.3 is 0 Å². The lowest BCUT2D eigenvalue weighted by molar-refractivity contribution is -0.128. The highest BCUT2D eigenvalue weighted by molar-refractivity contribution is 8.00. The number of carbonyl (C=O) groups excluding carboxylic acids is 1. The van der Waals surface area contributed by atoms with E-state index >= 15 is 0 Å². The van der Waals surface area contributed by atoms with Crippen molar-refractivity contribution < 1.29 is 4.79 Å². The summed E-state index contributed by atoms with van der Waals surface area (Å²) in [6.07, 6.45) is 0. The Morgan fingerprint density at radius 1 is 0.958 bits per heavy atom. The van der Waals surface area contributed by atoms with Crippen LogP contribution in [0.2, 0.25) is 10.0 Å². The molecule has 3 rings (SSSR count). The number of hydrogen-bond acceptors (Lipinski definition) is 3. The molecule has 0 spiro atoms. The number of rotatable bonds is 4. The van der Waals surface area contributed by atoms with Crippen LogP contribution < -0.4 is 4.90 Å². The third-order valence-electron chi connectivity index (χ3n) is 4.00. The third kappa shape index (κ3) is 4.38. The van der Waals surface area contributed by atoms with Gasteiger partial charge in [0.15, 0.2) is 0 Å². The average molecular weight is 381 g/mol. The predicted molar refractivity (Wildman–Crippen MR) is 102 cm³/mol. The number of carbonyl (C=O) groups is 1. The Labute approximate surface area is 156 Å². The summed E-state index contributed by atoms with van der Waals surface area (Å²) in [6, 6.07) is 15.4. The molecule has 0 N–H and O–H groups in total. The molecule has 1 aliphatic heterocycles. The van der Waals surface area contributed by atoms with Gasteiger partial charge in [0, 0.05) is 36.1 Å². The Bertz CT molecular complexity index is 700. The maximum absolute atomic E-state index is 12.4. The highest BCUT2D eigenvalue weighted by atomic mass is 35.5. The molecular formula is C18H18Cl2N2OS. The molecule has 0 saturated carbocycles. The van der Waals surface area contributed by atoms with E-state index in [0.29, 0.717) is 10.8 Å². The van der Waals surface area contributed by atoms with Crippen molar-refractivity contribution in [1.82, 2.24) is 4.90 Å². The zero-order chi connectivity index (χ0) is 16.9. The molecule has 0 radical (unpaired) electrons. The maximum atomic E-state index is 12.4. The van der Waals surface area contributed by atoms with Crippen molar-refractivity contribution in [3.8, 4) is 0 Å². The normalized spacial score (nSPS) is 14.8. The van der Waals surface area contributed by atoms with Gasteiger partial charge in [0.1, 0.15) is 0 Å². The maximum Gasteiger partial charge on any atom is 0.233 e. The van der Waals surface area contributed by atoms with E-state index in [0.717, 1.165) is 41.8 Å². The number of amides is 1. The van der Waals surface area contributed by atoms with Crippen molar-refractivity contribution in [2.45, 2.75) is 4.90 Å². The topological polar surface area (TPSA) is 23.6 Å². The van der Waals surface area contributed by atoms with Gasteiger partial charge in [0.05, 0.1) is 16.5 Å². The van der Waals surface area contributed by atoms with Gasteiger partial charge in [-0.25, -0.2) is 0 Å². The van der Waals surface area contributed by atoms with Crippen LogP contribution in [0, 0.1) is 0 Å². The largest absolute Gasteiger partial charge is 0.367 e. The van der Waals surface area contributed by atoms with Crippen LogP contribution in [-0.2, 0) is 4.79 Å². The summed E-state index contributed by atoms with van der Waals surface area (Å²) in [6.45, 7) is 3.07. The van der Waals surface area contributed by atoms with Crippen LogP contribution in [0.5, 0.6) is 0 Å². The predicted octanol–water partition coefficient (Wildman–Crippen LogP) is 4.43. The number of hydrogen-bond donors (Lipinski definition) is 0. The Morgan fingerprint density at radius 3 is 2.29 bits per heavy atom. The van der Waals surface area contributed by atoms with E-state index in [2.05, 4.69) is 4.90 Å². The summed E-state index contributed by atoms with van der Waals surface area (Å²) in [5, 5.41) is 1.47. The minimum Gasteiger partial charge on any atom is -0.367 e. The summed E-state index contributed by atoms with van der Waals surface area (Å²) < 4.78 is 0. The first-order valence-corrected chi connectivity index (χ1v) is 9.53. The quantitative estimate of drug-likeness (QED) is 0.732. The molecule has 126 valence electrons. The van der Waals surface area contributed by atoms with E-state index in [1.807, 2.05) is 53.4 Å². The standard InChI is InChI=1S/C18H18Cl2N2OS/c19-14-5-7-15(8-6-14)24-13-18(23)22-11-9-21(10-12-22)17-4-2-1-3-16(17)20/h1-8H,9-13H2. The van der Waals surface area contributed by atoms with Crippen LogP contribution in [0.25, 0.3) is 0 Å². The molecule has 6 heteroatoms. The molecular weight excluding hydrogens is 363 g/mol. The summed E-state index contributed by atoms with van der Waals surface area (Å²) in [5.74, 6) is 0.627. The smallest absolute Gasteiger partial charge is 0.233 e. The second-order valence-electron chi connectivity index (χ2n) is 5.56. The fourth-order valence-corrected chi connectivity index (χ4v) is 3.85. The highest BCUT2D eigenvalue weighted by Crippen LogP contribution is 2.26. The lowest BCUT2D eigenvalue weighted by atomic mass is 10.2. The Hall–Kier alpha value is -1.36. The molecule has 1 aliphatic rings. The molecule has 24 heavy (non-hydrogen) atoms. The molecule has 1 saturated heterocycles. The van der Waals surface area contributed by atoms with Crippen LogP contribution in [0.15, 0.2) is 53.4 Å². The number of piperazine rings is 1. The number of halogens is 2. The Morgan fingerprint density at radius 2 is 1.62 bits per heavy atom. The van der Waals surface area contributed by atoms with Crippen LogP contribution in [-0.4, -0.2) is 42.7 Å². The molecule has 2 aromatic rings. The molecule has 1 heterocycles. The van der Waals surface area contributed by atoms with Crippen LogP contribution in [0.3, 0.4) is 0 Å². The SMILES string of the molecule is O=C(CSc1ccc(Cl)cc1)N1CCN(c2ccccc2Cl)CC1. The Kier molecular flexibility index (Phi) is 5.93. The van der Waals surface area contributed by atoms with E-state index < -0.39 is 0 Å². The number of benzene rings is 2. The summed E-state index contributed by atoms with van der Waals surface area (Å²) in [7, 11) is 0. The van der Waals surface area contributed by atoms with E-state index in [-0.39, 0.29) is 5.91 Å². The molecule has 2 aromatic carbocycles. The first-order valence-electron chi connectivity index (χ1n) is 7.79. The van der Waals surface area contributed by atoms with E-state index in [1.165, 1.54) is 0 Å². The van der Waals surface area contributed by atoms with Gasteiger partial charge in [-0.2, -0.15) is 0 Å². The van der Waals surface area contributed by atoms with Crippen molar-refractivity contribution >= 4 is 46.6 Å². The second-order valence-corrected chi connectivity index (χ2v) is 7.45. The molecule has 0 atom stereocenters. The minimum atomic E-state index is 0.175. The van der Waals surface area contributed by atoms with Gasteiger partial charge in [-0.15, -0.1) is 11.8 Å². The van der Waals surface area contributed by atoms with Gasteiger partial charge in [0.2, 0.25) is 5.91 Å². The van der Waals surface area contributed by atoms with Crippen molar-refractivity contribution in [2.24, 2.45) is 0 Å². The zero-order valence-corrected chi connectivity index (χ0v) is 15.4. The minimum absolute atomic E-state index is 0.175. The molecule has 0 aromatic heterocycles. The molecule has 1 amide bonds. The average Bonchev–Trinajstić information content (AvgIpc) is 2.61. The fraction of sp³-hybridized carbons (Fsp3) is 0.278. The van der Waals surface area contributed by atoms with Gasteiger partial charge in [-0.05, 0) is 36.4 Å². The summed E-state index contributed by atoms with van der Waals surface area (Å²) >= 11 is 13.7. The Balaban J connectivity index is 1.50. The number of thioether (sulfide) groups is 1. The fourth-order valence-electron chi connectivity index (χ4n) is 2.67. The van der Waals surface area contributed by atoms with E-state index in [1.54, 1.807) is 11.8 Å². The molecule has 0 aliphatic carbocycles. The zero-order valence-electron chi connectivity index (χ0n) is 13.1. The monoisotopic (exact) mass is 380 g/mol.